The fourth-order valence-corrected chi connectivity index (χ4v) is 3.66. The maximum atomic E-state index is 13.2. The third-order valence-electron chi connectivity index (χ3n) is 5.46. The zero-order valence-electron chi connectivity index (χ0n) is 17.9. The molecule has 3 aromatic rings. The molecular formula is C25H25N3O4. The molecule has 0 bridgehead atoms. The number of nitrogens with one attached hydrogen (secondary N) is 1. The highest BCUT2D eigenvalue weighted by atomic mass is 16.7. The summed E-state index contributed by atoms with van der Waals surface area (Å²) in [5.74, 6) is 0.878. The average Bonchev–Trinajstić information content (AvgIpc) is 3.31. The van der Waals surface area contributed by atoms with Crippen LogP contribution in [0.1, 0.15) is 32.8 Å². The van der Waals surface area contributed by atoms with Crippen LogP contribution >= 0.6 is 0 Å². The van der Waals surface area contributed by atoms with Crippen molar-refractivity contribution in [3.05, 3.63) is 89.7 Å². The number of amides is 2. The van der Waals surface area contributed by atoms with Gasteiger partial charge in [0.05, 0.1) is 0 Å². The van der Waals surface area contributed by atoms with Crippen LogP contribution in [0.15, 0.2) is 72.9 Å². The number of benzene rings is 2. The second-order valence-electron chi connectivity index (χ2n) is 7.59. The molecule has 0 saturated heterocycles. The summed E-state index contributed by atoms with van der Waals surface area (Å²) in [6, 6.07) is 20.3. The summed E-state index contributed by atoms with van der Waals surface area (Å²) in [7, 11) is 1.79. The highest BCUT2D eigenvalue weighted by Gasteiger charge is 2.24. The lowest BCUT2D eigenvalue weighted by molar-refractivity contribution is 0.0722. The number of likely N-dealkylation sites (N-methyl/N-ethyl adjacent to an activating group) is 1. The average molecular weight is 431 g/mol. The summed E-state index contributed by atoms with van der Waals surface area (Å²) >= 11 is 0. The van der Waals surface area contributed by atoms with Crippen molar-refractivity contribution in [1.82, 2.24) is 15.2 Å². The maximum absolute atomic E-state index is 13.2. The van der Waals surface area contributed by atoms with Gasteiger partial charge in [0.25, 0.3) is 11.8 Å². The number of aromatic nitrogens is 1. The zero-order valence-corrected chi connectivity index (χ0v) is 17.9. The number of nitrogens with zero attached hydrogens (tertiary/aromatic N) is 2. The molecule has 4 rings (SSSR count). The van der Waals surface area contributed by atoms with Crippen molar-refractivity contribution in [2.75, 3.05) is 20.4 Å². The van der Waals surface area contributed by atoms with E-state index in [1.54, 1.807) is 54.5 Å². The molecule has 1 aliphatic heterocycles. The first-order valence-electron chi connectivity index (χ1n) is 10.5. The minimum atomic E-state index is -0.228. The van der Waals surface area contributed by atoms with Crippen molar-refractivity contribution in [2.24, 2.45) is 0 Å². The van der Waals surface area contributed by atoms with Gasteiger partial charge in [-0.3, -0.25) is 14.6 Å². The van der Waals surface area contributed by atoms with Gasteiger partial charge in [-0.15, -0.1) is 0 Å². The Labute approximate surface area is 187 Å². The van der Waals surface area contributed by atoms with Crippen molar-refractivity contribution in [3.8, 4) is 11.5 Å². The normalized spacial score (nSPS) is 12.8. The molecule has 1 N–H and O–H groups in total. The standard InChI is InChI=1S/C25H25N3O4/c1-28(25(30)19-10-11-22-23(16-19)32-17-31-22)20(15-18-7-3-2-4-8-18)12-14-27-24(29)21-9-5-6-13-26-21/h2-11,13,16,20H,12,14-15,17H2,1H3,(H,27,29)/t20-/m1/s1. The Morgan fingerprint density at radius 3 is 2.59 bits per heavy atom. The topological polar surface area (TPSA) is 80.8 Å². The number of fused-ring (bicyclic) bond motifs is 1. The van der Waals surface area contributed by atoms with Crippen LogP contribution in [0.3, 0.4) is 0 Å². The van der Waals surface area contributed by atoms with E-state index in [0.717, 1.165) is 5.56 Å². The lowest BCUT2D eigenvalue weighted by atomic mass is 10.0. The Hall–Kier alpha value is -3.87. The summed E-state index contributed by atoms with van der Waals surface area (Å²) in [4.78, 5) is 31.4. The maximum Gasteiger partial charge on any atom is 0.269 e. The lowest BCUT2D eigenvalue weighted by Crippen LogP contribution is -2.41. The van der Waals surface area contributed by atoms with Crippen LogP contribution in [-0.2, 0) is 6.42 Å². The van der Waals surface area contributed by atoms with E-state index in [1.165, 1.54) is 0 Å². The summed E-state index contributed by atoms with van der Waals surface area (Å²) in [6.45, 7) is 0.584. The number of carbonyl (C=O) groups is 2. The van der Waals surface area contributed by atoms with Gasteiger partial charge in [-0.2, -0.15) is 0 Å². The van der Waals surface area contributed by atoms with E-state index in [9.17, 15) is 9.59 Å². The first kappa shape index (κ1) is 21.4. The van der Waals surface area contributed by atoms with Crippen molar-refractivity contribution < 1.29 is 19.1 Å². The predicted molar refractivity (Wildman–Crippen MR) is 120 cm³/mol. The van der Waals surface area contributed by atoms with Crippen molar-refractivity contribution in [3.63, 3.8) is 0 Å². The minimum Gasteiger partial charge on any atom is -0.454 e. The Bertz CT molecular complexity index is 1070. The van der Waals surface area contributed by atoms with Gasteiger partial charge in [-0.25, -0.2) is 0 Å². The van der Waals surface area contributed by atoms with Gasteiger partial charge in [-0.05, 0) is 48.7 Å². The zero-order chi connectivity index (χ0) is 22.3. The van der Waals surface area contributed by atoms with Crippen LogP contribution in [0.25, 0.3) is 0 Å². The first-order chi connectivity index (χ1) is 15.6. The molecule has 7 heteroatoms. The van der Waals surface area contributed by atoms with E-state index in [0.29, 0.717) is 42.1 Å². The van der Waals surface area contributed by atoms with E-state index >= 15 is 0 Å². The van der Waals surface area contributed by atoms with Gasteiger partial charge < -0.3 is 19.7 Å². The second-order valence-corrected chi connectivity index (χ2v) is 7.59. The fourth-order valence-electron chi connectivity index (χ4n) is 3.66. The van der Waals surface area contributed by atoms with E-state index in [4.69, 9.17) is 9.47 Å². The Kier molecular flexibility index (Phi) is 6.65. The Morgan fingerprint density at radius 2 is 1.81 bits per heavy atom. The number of hydrogen-bond acceptors (Lipinski definition) is 5. The minimum absolute atomic E-state index is 0.111. The van der Waals surface area contributed by atoms with Crippen LogP contribution in [0.4, 0.5) is 0 Å². The molecule has 0 spiro atoms. The quantitative estimate of drug-likeness (QED) is 0.592. The summed E-state index contributed by atoms with van der Waals surface area (Å²) in [5.41, 5.74) is 2.03. The molecule has 0 radical (unpaired) electrons. The molecule has 164 valence electrons. The van der Waals surface area contributed by atoms with Crippen LogP contribution in [-0.4, -0.2) is 48.1 Å². The van der Waals surface area contributed by atoms with Crippen molar-refractivity contribution in [2.45, 2.75) is 18.9 Å². The number of carbonyl (C=O) groups excluding carboxylic acids is 2. The summed E-state index contributed by atoms with van der Waals surface area (Å²) < 4.78 is 10.8. The molecule has 2 amide bonds. The molecule has 2 aromatic carbocycles. The molecule has 2 heterocycles. The fraction of sp³-hybridized carbons (Fsp3) is 0.240. The van der Waals surface area contributed by atoms with Crippen LogP contribution in [0, 0.1) is 0 Å². The van der Waals surface area contributed by atoms with E-state index < -0.39 is 0 Å². The molecule has 0 unspecified atom stereocenters. The van der Waals surface area contributed by atoms with Gasteiger partial charge >= 0.3 is 0 Å². The number of pyridine rings is 1. The highest BCUT2D eigenvalue weighted by molar-refractivity contribution is 5.95. The van der Waals surface area contributed by atoms with Gasteiger partial charge in [0.2, 0.25) is 6.79 Å². The van der Waals surface area contributed by atoms with Gasteiger partial charge in [-0.1, -0.05) is 36.4 Å². The van der Waals surface area contributed by atoms with Gasteiger partial charge in [0.15, 0.2) is 11.5 Å². The molecule has 1 atom stereocenters. The predicted octanol–water partition coefficient (Wildman–Crippen LogP) is 3.31. The molecule has 1 aromatic heterocycles. The van der Waals surface area contributed by atoms with E-state index in [1.807, 2.05) is 30.3 Å². The van der Waals surface area contributed by atoms with Crippen molar-refractivity contribution >= 4 is 11.8 Å². The number of rotatable bonds is 8. The Balaban J connectivity index is 1.45. The lowest BCUT2D eigenvalue weighted by Gasteiger charge is -2.29. The summed E-state index contributed by atoms with van der Waals surface area (Å²) in [5, 5.41) is 2.91. The van der Waals surface area contributed by atoms with Crippen LogP contribution < -0.4 is 14.8 Å². The molecule has 7 nitrogen and oxygen atoms in total. The smallest absolute Gasteiger partial charge is 0.269 e. The van der Waals surface area contributed by atoms with E-state index in [-0.39, 0.29) is 24.6 Å². The second kappa shape index (κ2) is 9.96. The third-order valence-corrected chi connectivity index (χ3v) is 5.46. The molecule has 32 heavy (non-hydrogen) atoms. The van der Waals surface area contributed by atoms with E-state index in [2.05, 4.69) is 10.3 Å². The Morgan fingerprint density at radius 1 is 1.03 bits per heavy atom. The molecule has 0 fully saturated rings. The van der Waals surface area contributed by atoms with Crippen molar-refractivity contribution in [1.29, 1.82) is 0 Å². The SMILES string of the molecule is CN(C(=O)c1ccc2c(c1)OCO2)[C@H](CCNC(=O)c1ccccn1)Cc1ccccc1. The highest BCUT2D eigenvalue weighted by Crippen LogP contribution is 2.33. The summed E-state index contributed by atoms with van der Waals surface area (Å²) in [6.07, 6.45) is 2.86. The van der Waals surface area contributed by atoms with Crippen LogP contribution in [0.5, 0.6) is 11.5 Å². The molecule has 0 saturated carbocycles. The third kappa shape index (κ3) is 5.06. The monoisotopic (exact) mass is 431 g/mol. The molecule has 1 aliphatic rings. The van der Waals surface area contributed by atoms with Crippen LogP contribution in [0.2, 0.25) is 0 Å². The largest absolute Gasteiger partial charge is 0.454 e. The number of hydrogen-bond donors (Lipinski definition) is 1. The molecular weight excluding hydrogens is 406 g/mol. The molecule has 0 aliphatic carbocycles. The van der Waals surface area contributed by atoms with Gasteiger partial charge in [0, 0.05) is 31.4 Å². The number of ether oxygens (including phenoxy) is 2. The van der Waals surface area contributed by atoms with Gasteiger partial charge in [0.1, 0.15) is 5.69 Å². The first-order valence-corrected chi connectivity index (χ1v) is 10.5.